The molecule has 0 radical (unpaired) electrons. The summed E-state index contributed by atoms with van der Waals surface area (Å²) in [6.07, 6.45) is 1.23. The molecule has 1 saturated carbocycles. The highest BCUT2D eigenvalue weighted by Crippen LogP contribution is 2.35. The number of carbonyl (C=O) groups excluding carboxylic acids is 1. The number of anilines is 2. The number of hydrogen-bond donors (Lipinski definition) is 2. The van der Waals surface area contributed by atoms with Crippen LogP contribution in [0.4, 0.5) is 29.1 Å². The van der Waals surface area contributed by atoms with Gasteiger partial charge in [0.05, 0.1) is 11.3 Å². The van der Waals surface area contributed by atoms with Gasteiger partial charge in [-0.25, -0.2) is 4.39 Å². The van der Waals surface area contributed by atoms with Crippen LogP contribution < -0.4 is 20.4 Å². The zero-order valence-electron chi connectivity index (χ0n) is 16.5. The molecule has 14 heteroatoms. The van der Waals surface area contributed by atoms with Crippen molar-refractivity contribution in [1.82, 2.24) is 9.88 Å². The van der Waals surface area contributed by atoms with Crippen LogP contribution >= 0.6 is 22.6 Å². The summed E-state index contributed by atoms with van der Waals surface area (Å²) >= 11 is 1.85. The molecule has 2 aromatic rings. The average Bonchev–Trinajstić information content (AvgIpc) is 3.48. The van der Waals surface area contributed by atoms with Crippen molar-refractivity contribution in [3.63, 3.8) is 0 Å². The number of rotatable bonds is 6. The van der Waals surface area contributed by atoms with Crippen LogP contribution in [0.25, 0.3) is 0 Å². The predicted molar refractivity (Wildman–Crippen MR) is 115 cm³/mol. The van der Waals surface area contributed by atoms with Gasteiger partial charge in [0.2, 0.25) is 0 Å². The summed E-state index contributed by atoms with van der Waals surface area (Å²) in [5, 5.41) is 5.03. The number of benzene rings is 1. The summed E-state index contributed by atoms with van der Waals surface area (Å²) in [7, 11) is -5.01. The molecule has 1 aliphatic rings. The van der Waals surface area contributed by atoms with Crippen molar-refractivity contribution >= 4 is 50.1 Å². The quantitative estimate of drug-likeness (QED) is 0.232. The minimum Gasteiger partial charge on any atom is -0.375 e. The Morgan fingerprint density at radius 2 is 1.91 bits per heavy atom. The summed E-state index contributed by atoms with van der Waals surface area (Å²) in [5.41, 5.74) is -8.18. The number of hydrogen-bond acceptors (Lipinski definition) is 6. The third kappa shape index (κ3) is 4.84. The Kier molecular flexibility index (Phi) is 6.48. The van der Waals surface area contributed by atoms with E-state index >= 15 is 0 Å². The van der Waals surface area contributed by atoms with Crippen molar-refractivity contribution in [1.29, 1.82) is 0 Å². The lowest BCUT2D eigenvalue weighted by Crippen LogP contribution is -2.34. The normalized spacial score (nSPS) is 14.2. The van der Waals surface area contributed by atoms with E-state index in [0.717, 1.165) is 17.6 Å². The van der Waals surface area contributed by atoms with E-state index in [0.29, 0.717) is 16.4 Å². The van der Waals surface area contributed by atoms with Crippen LogP contribution in [-0.2, 0) is 17.2 Å². The summed E-state index contributed by atoms with van der Waals surface area (Å²) < 4.78 is 82.3. The van der Waals surface area contributed by atoms with E-state index < -0.39 is 55.6 Å². The lowest BCUT2D eigenvalue weighted by molar-refractivity contribution is -0.0500. The standard InChI is InChI=1S/C18H16F4IN3O5S/c1-8-14(31-32(29,30)18(20,21)22)13(16(27)24-10-4-5-10)15(26(2)17(8)28)25-12-6-3-9(23)7-11(12)19/h3,6-7,10,25H,4-5H2,1-2H3,(H,24,27). The first-order valence-electron chi connectivity index (χ1n) is 9.00. The lowest BCUT2D eigenvalue weighted by atomic mass is 10.1. The van der Waals surface area contributed by atoms with Gasteiger partial charge in [-0.05, 0) is 60.6 Å². The minimum atomic E-state index is -6.21. The molecule has 0 aliphatic heterocycles. The number of nitrogens with one attached hydrogen (secondary N) is 2. The molecule has 174 valence electrons. The van der Waals surface area contributed by atoms with Crippen molar-refractivity contribution in [3.8, 4) is 5.75 Å². The van der Waals surface area contributed by atoms with Gasteiger partial charge in [0.25, 0.3) is 11.5 Å². The van der Waals surface area contributed by atoms with Crippen LogP contribution in [0.3, 0.4) is 0 Å². The number of pyridine rings is 1. The van der Waals surface area contributed by atoms with E-state index in [1.807, 2.05) is 22.6 Å². The fourth-order valence-electron chi connectivity index (χ4n) is 2.73. The van der Waals surface area contributed by atoms with Crippen molar-refractivity contribution < 1.29 is 35.0 Å². The molecule has 0 atom stereocenters. The Labute approximate surface area is 193 Å². The van der Waals surface area contributed by atoms with Gasteiger partial charge in [-0.2, -0.15) is 21.6 Å². The van der Waals surface area contributed by atoms with E-state index in [9.17, 15) is 35.6 Å². The first-order chi connectivity index (χ1) is 14.7. The summed E-state index contributed by atoms with van der Waals surface area (Å²) in [5.74, 6) is -3.28. The van der Waals surface area contributed by atoms with E-state index in [4.69, 9.17) is 0 Å². The van der Waals surface area contributed by atoms with Gasteiger partial charge in [0.15, 0.2) is 5.75 Å². The van der Waals surface area contributed by atoms with Crippen LogP contribution in [0.15, 0.2) is 23.0 Å². The third-order valence-corrected chi connectivity index (χ3v) is 6.19. The van der Waals surface area contributed by atoms with E-state index in [1.165, 1.54) is 19.2 Å². The number of carbonyl (C=O) groups is 1. The molecule has 3 rings (SSSR count). The molecule has 1 aliphatic carbocycles. The smallest absolute Gasteiger partial charge is 0.375 e. The van der Waals surface area contributed by atoms with E-state index in [-0.39, 0.29) is 11.7 Å². The maximum absolute atomic E-state index is 14.4. The molecule has 1 aromatic carbocycles. The summed E-state index contributed by atoms with van der Waals surface area (Å²) in [6.45, 7) is 1.02. The second-order valence-corrected chi connectivity index (χ2v) is 9.81. The molecule has 0 saturated heterocycles. The first kappa shape index (κ1) is 24.3. The Hall–Kier alpha value is -2.36. The molecular formula is C18H16F4IN3O5S. The molecule has 1 fully saturated rings. The number of nitrogens with zero attached hydrogens (tertiary/aromatic N) is 1. The number of aromatic nitrogens is 1. The maximum atomic E-state index is 14.4. The van der Waals surface area contributed by atoms with Gasteiger partial charge in [-0.1, -0.05) is 0 Å². The SMILES string of the molecule is Cc1c(OS(=O)(=O)C(F)(F)F)c(C(=O)NC2CC2)c(Nc2ccc(I)cc2F)n(C)c1=O. The lowest BCUT2D eigenvalue weighted by Gasteiger charge is -2.21. The molecule has 8 nitrogen and oxygen atoms in total. The van der Waals surface area contributed by atoms with Crippen LogP contribution in [0.5, 0.6) is 5.75 Å². The molecule has 1 heterocycles. The highest BCUT2D eigenvalue weighted by atomic mass is 127. The minimum absolute atomic E-state index is 0.200. The summed E-state index contributed by atoms with van der Waals surface area (Å²) in [4.78, 5) is 25.5. The second-order valence-electron chi connectivity index (χ2n) is 7.02. The maximum Gasteiger partial charge on any atom is 0.534 e. The van der Waals surface area contributed by atoms with E-state index in [1.54, 1.807) is 0 Å². The Balaban J connectivity index is 2.25. The zero-order valence-corrected chi connectivity index (χ0v) is 19.5. The van der Waals surface area contributed by atoms with Crippen LogP contribution in [0, 0.1) is 16.3 Å². The average molecular weight is 589 g/mol. The van der Waals surface area contributed by atoms with Gasteiger partial charge in [0, 0.05) is 16.7 Å². The Morgan fingerprint density at radius 1 is 1.28 bits per heavy atom. The predicted octanol–water partition coefficient (Wildman–Crippen LogP) is 3.30. The number of amides is 1. The summed E-state index contributed by atoms with van der Waals surface area (Å²) in [6, 6.07) is 3.67. The van der Waals surface area contributed by atoms with E-state index in [2.05, 4.69) is 14.8 Å². The number of halogens is 5. The monoisotopic (exact) mass is 589 g/mol. The van der Waals surface area contributed by atoms with Crippen molar-refractivity contribution in [3.05, 3.63) is 49.1 Å². The van der Waals surface area contributed by atoms with Gasteiger partial charge in [-0.3, -0.25) is 14.2 Å². The van der Waals surface area contributed by atoms with Gasteiger partial charge < -0.3 is 14.8 Å². The highest BCUT2D eigenvalue weighted by molar-refractivity contribution is 14.1. The molecule has 1 amide bonds. The molecular weight excluding hydrogens is 573 g/mol. The second kappa shape index (κ2) is 8.53. The van der Waals surface area contributed by atoms with Gasteiger partial charge >= 0.3 is 15.6 Å². The largest absolute Gasteiger partial charge is 0.534 e. The third-order valence-electron chi connectivity index (χ3n) is 4.57. The fraction of sp³-hybridized carbons (Fsp3) is 0.333. The molecule has 2 N–H and O–H groups in total. The molecule has 0 spiro atoms. The molecule has 0 unspecified atom stereocenters. The molecule has 0 bridgehead atoms. The zero-order chi connectivity index (χ0) is 24.0. The molecule has 1 aromatic heterocycles. The van der Waals surface area contributed by atoms with Crippen LogP contribution in [0.2, 0.25) is 0 Å². The van der Waals surface area contributed by atoms with Gasteiger partial charge in [0.1, 0.15) is 17.2 Å². The van der Waals surface area contributed by atoms with Gasteiger partial charge in [-0.15, -0.1) is 0 Å². The van der Waals surface area contributed by atoms with Crippen molar-refractivity contribution in [2.24, 2.45) is 7.05 Å². The van der Waals surface area contributed by atoms with Crippen molar-refractivity contribution in [2.45, 2.75) is 31.3 Å². The first-order valence-corrected chi connectivity index (χ1v) is 11.5. The molecule has 32 heavy (non-hydrogen) atoms. The topological polar surface area (TPSA) is 106 Å². The Morgan fingerprint density at radius 3 is 2.44 bits per heavy atom. The van der Waals surface area contributed by atoms with Crippen molar-refractivity contribution in [2.75, 3.05) is 5.32 Å². The Bertz CT molecular complexity index is 1260. The van der Waals surface area contributed by atoms with Crippen LogP contribution in [0.1, 0.15) is 28.8 Å². The number of alkyl halides is 3. The fourth-order valence-corrected chi connectivity index (χ4v) is 3.71. The van der Waals surface area contributed by atoms with Crippen LogP contribution in [-0.4, -0.2) is 30.4 Å². The highest BCUT2D eigenvalue weighted by Gasteiger charge is 2.49.